The molecule has 1 saturated carbocycles. The van der Waals surface area contributed by atoms with Crippen LogP contribution in [-0.4, -0.2) is 157 Å². The SMILES string of the molecule is CCN(CC)CCCC[C@H](NC(=O)[C@H](CC(C)C)NC(=O)[C@H](C)NC(=O)[C@H](Cc1ccccc1)NC(=O)c1ccc(C(C)(C)C)cc1)C(=O)N[C@@H](CO)C(=O)NCC(=O)NCC(=O)N[C@@H](CCSC)C(=O)NC1CCCCCCC1. The van der Waals surface area contributed by atoms with Crippen LogP contribution in [-0.2, 0) is 50.2 Å². The highest BCUT2D eigenvalue weighted by Gasteiger charge is 2.33. The second-order valence-electron chi connectivity index (χ2n) is 22.2. The molecule has 0 aromatic heterocycles. The molecule has 10 N–H and O–H groups in total. The summed E-state index contributed by atoms with van der Waals surface area (Å²) in [5.41, 5.74) is 2.03. The monoisotopic (exact) mass is 1130 g/mol. The van der Waals surface area contributed by atoms with Crippen molar-refractivity contribution in [3.63, 3.8) is 0 Å². The van der Waals surface area contributed by atoms with Gasteiger partial charge in [-0.05, 0) is 118 Å². The number of nitrogens with one attached hydrogen (secondary N) is 9. The Balaban J connectivity index is 1.67. The molecule has 0 heterocycles. The van der Waals surface area contributed by atoms with E-state index in [2.05, 4.69) is 73.5 Å². The zero-order chi connectivity index (χ0) is 59.2. The maximum atomic E-state index is 14.2. The Morgan fingerprint density at radius 3 is 1.79 bits per heavy atom. The second kappa shape index (κ2) is 36.3. The Labute approximate surface area is 479 Å². The summed E-state index contributed by atoms with van der Waals surface area (Å²) in [6.45, 7) is 15.9. The Bertz CT molecular complexity index is 2270. The average Bonchev–Trinajstić information content (AvgIpc) is 3.42. The maximum Gasteiger partial charge on any atom is 0.251 e. The number of hydrogen-bond donors (Lipinski definition) is 10. The summed E-state index contributed by atoms with van der Waals surface area (Å²) in [7, 11) is 0. The highest BCUT2D eigenvalue weighted by atomic mass is 32.2. The minimum Gasteiger partial charge on any atom is -0.394 e. The van der Waals surface area contributed by atoms with E-state index in [0.717, 1.165) is 69.3 Å². The molecule has 0 aliphatic heterocycles. The van der Waals surface area contributed by atoms with Crippen LogP contribution in [0.2, 0.25) is 0 Å². The fraction of sp³-hybridized carbons (Fsp3) is 0.644. The lowest BCUT2D eigenvalue weighted by atomic mass is 9.86. The van der Waals surface area contributed by atoms with Gasteiger partial charge < -0.3 is 57.9 Å². The van der Waals surface area contributed by atoms with Crippen molar-refractivity contribution in [2.45, 2.75) is 187 Å². The van der Waals surface area contributed by atoms with Crippen molar-refractivity contribution < 1.29 is 48.3 Å². The number of aliphatic hydroxyl groups excluding tert-OH is 1. The standard InChI is InChI=1S/C59H94N10O10S/c1-10-69(11-2)32-21-20-26-45(56(77)68-49(38-70)54(75)61-36-50(71)60-37-51(72)64-46(31-33-80-9)55(76)63-44-24-18-13-12-14-19-25-44)65-58(79)47(34-39(3)4)66-52(73)40(5)62-57(78)48(35-41-22-16-15-17-23-41)67-53(74)42-27-29-43(30-28-42)59(6,7)8/h15-17,22-23,27-30,39-40,44-49,70H,10-14,18-21,24-26,31-38H2,1-9H3,(H,60,71)(H,61,75)(H,62,78)(H,63,76)(H,64,72)(H,65,79)(H,66,73)(H,67,74)(H,68,77)/t40-,45-,46-,47-,48-,49-/m0/s1. The summed E-state index contributed by atoms with van der Waals surface area (Å²) in [6.07, 6.45) is 11.1. The van der Waals surface area contributed by atoms with E-state index in [1.54, 1.807) is 23.9 Å². The van der Waals surface area contributed by atoms with Crippen molar-refractivity contribution in [1.29, 1.82) is 0 Å². The minimum absolute atomic E-state index is 0.0395. The van der Waals surface area contributed by atoms with Crippen molar-refractivity contribution in [3.05, 3.63) is 71.3 Å². The van der Waals surface area contributed by atoms with Crippen LogP contribution < -0.4 is 47.9 Å². The second-order valence-corrected chi connectivity index (χ2v) is 23.2. The Morgan fingerprint density at radius 2 is 1.19 bits per heavy atom. The first kappa shape index (κ1) is 68.2. The van der Waals surface area contributed by atoms with E-state index in [9.17, 15) is 48.3 Å². The molecule has 6 atom stereocenters. The van der Waals surface area contributed by atoms with Crippen LogP contribution in [0.25, 0.3) is 0 Å². The molecule has 20 nitrogen and oxygen atoms in total. The molecule has 0 radical (unpaired) electrons. The van der Waals surface area contributed by atoms with E-state index in [1.807, 2.05) is 76.4 Å². The number of nitrogens with zero attached hydrogens (tertiary/aromatic N) is 1. The van der Waals surface area contributed by atoms with E-state index in [4.69, 9.17) is 0 Å². The summed E-state index contributed by atoms with van der Waals surface area (Å²) >= 11 is 1.54. The average molecular weight is 1140 g/mol. The minimum atomic E-state index is -1.54. The van der Waals surface area contributed by atoms with Crippen LogP contribution in [0.1, 0.15) is 154 Å². The molecule has 0 bridgehead atoms. The van der Waals surface area contributed by atoms with Crippen molar-refractivity contribution in [3.8, 4) is 0 Å². The number of hydrogen-bond acceptors (Lipinski definition) is 12. The van der Waals surface area contributed by atoms with E-state index in [1.165, 1.54) is 13.3 Å². The number of benzene rings is 2. The number of amides is 9. The lowest BCUT2D eigenvalue weighted by Crippen LogP contribution is -2.59. The van der Waals surface area contributed by atoms with Crippen LogP contribution >= 0.6 is 11.8 Å². The third kappa shape index (κ3) is 25.6. The third-order valence-electron chi connectivity index (χ3n) is 14.2. The molecule has 1 aliphatic rings. The van der Waals surface area contributed by atoms with Crippen molar-refractivity contribution in [2.75, 3.05) is 51.3 Å². The van der Waals surface area contributed by atoms with Crippen LogP contribution in [0.5, 0.6) is 0 Å². The summed E-state index contributed by atoms with van der Waals surface area (Å²) in [5.74, 6) is -5.27. The predicted molar refractivity (Wildman–Crippen MR) is 313 cm³/mol. The van der Waals surface area contributed by atoms with Crippen LogP contribution in [0.15, 0.2) is 54.6 Å². The van der Waals surface area contributed by atoms with Gasteiger partial charge in [0.05, 0.1) is 19.7 Å². The molecule has 1 aliphatic carbocycles. The van der Waals surface area contributed by atoms with Gasteiger partial charge in [-0.15, -0.1) is 0 Å². The van der Waals surface area contributed by atoms with E-state index < -0.39 is 103 Å². The topological polar surface area (TPSA) is 285 Å². The summed E-state index contributed by atoms with van der Waals surface area (Å²) < 4.78 is 0. The molecule has 0 spiro atoms. The highest BCUT2D eigenvalue weighted by molar-refractivity contribution is 7.98. The summed E-state index contributed by atoms with van der Waals surface area (Å²) in [5, 5.41) is 34.5. The molecule has 1 fully saturated rings. The molecule has 2 aromatic rings. The molecule has 80 heavy (non-hydrogen) atoms. The zero-order valence-electron chi connectivity index (χ0n) is 48.9. The first-order valence-electron chi connectivity index (χ1n) is 28.7. The molecule has 0 unspecified atom stereocenters. The molecule has 0 saturated heterocycles. The number of unbranched alkanes of at least 4 members (excludes halogenated alkanes) is 1. The first-order chi connectivity index (χ1) is 38.1. The first-order valence-corrected chi connectivity index (χ1v) is 30.1. The van der Waals surface area contributed by atoms with Crippen LogP contribution in [0.4, 0.5) is 0 Å². The van der Waals surface area contributed by atoms with Gasteiger partial charge >= 0.3 is 0 Å². The van der Waals surface area contributed by atoms with E-state index in [0.29, 0.717) is 30.6 Å². The van der Waals surface area contributed by atoms with Crippen molar-refractivity contribution in [1.82, 2.24) is 52.8 Å². The van der Waals surface area contributed by atoms with Gasteiger partial charge in [-0.1, -0.05) is 123 Å². The van der Waals surface area contributed by atoms with E-state index >= 15 is 0 Å². The molecule has 21 heteroatoms. The normalized spacial score (nSPS) is 15.3. The molecular weight excluding hydrogens is 1040 g/mol. The molecule has 2 aromatic carbocycles. The molecule has 3 rings (SSSR count). The highest BCUT2D eigenvalue weighted by Crippen LogP contribution is 2.23. The van der Waals surface area contributed by atoms with E-state index in [-0.39, 0.29) is 42.5 Å². The largest absolute Gasteiger partial charge is 0.394 e. The molecule has 9 amide bonds. The van der Waals surface area contributed by atoms with Crippen molar-refractivity contribution >= 4 is 64.9 Å². The number of aliphatic hydroxyl groups is 1. The number of carbonyl (C=O) groups excluding carboxylic acids is 9. The molecule has 446 valence electrons. The van der Waals surface area contributed by atoms with Crippen molar-refractivity contribution in [2.24, 2.45) is 5.92 Å². The van der Waals surface area contributed by atoms with Crippen LogP contribution in [0.3, 0.4) is 0 Å². The van der Waals surface area contributed by atoms with Crippen LogP contribution in [0, 0.1) is 5.92 Å². The van der Waals surface area contributed by atoms with Gasteiger partial charge in [0.1, 0.15) is 36.3 Å². The lowest BCUT2D eigenvalue weighted by Gasteiger charge is -2.27. The predicted octanol–water partition coefficient (Wildman–Crippen LogP) is 3.53. The Kier molecular flexibility index (Phi) is 31.0. The van der Waals surface area contributed by atoms with Gasteiger partial charge in [-0.2, -0.15) is 11.8 Å². The number of thioether (sulfide) groups is 1. The fourth-order valence-electron chi connectivity index (χ4n) is 9.22. The van der Waals surface area contributed by atoms with Gasteiger partial charge in [-0.3, -0.25) is 43.2 Å². The smallest absolute Gasteiger partial charge is 0.251 e. The molecular formula is C59H94N10O10S. The number of rotatable bonds is 33. The summed E-state index contributed by atoms with van der Waals surface area (Å²) in [4.78, 5) is 124. The zero-order valence-corrected chi connectivity index (χ0v) is 49.8. The summed E-state index contributed by atoms with van der Waals surface area (Å²) in [6, 6.07) is 9.33. The van der Waals surface area contributed by atoms with Gasteiger partial charge in [0.25, 0.3) is 5.91 Å². The maximum absolute atomic E-state index is 14.2. The fourth-order valence-corrected chi connectivity index (χ4v) is 9.69. The number of carbonyl (C=O) groups is 9. The lowest BCUT2D eigenvalue weighted by molar-refractivity contribution is -0.135. The quantitative estimate of drug-likeness (QED) is 0.0460. The van der Waals surface area contributed by atoms with Gasteiger partial charge in [-0.25, -0.2) is 0 Å². The van der Waals surface area contributed by atoms with Gasteiger partial charge in [0, 0.05) is 18.0 Å². The Morgan fingerprint density at radius 1 is 0.613 bits per heavy atom. The van der Waals surface area contributed by atoms with Gasteiger partial charge in [0.2, 0.25) is 47.3 Å². The Hall–Kier alpha value is -6.06. The third-order valence-corrected chi connectivity index (χ3v) is 14.8. The van der Waals surface area contributed by atoms with Gasteiger partial charge in [0.15, 0.2) is 0 Å².